The van der Waals surface area contributed by atoms with Crippen LogP contribution in [0.1, 0.15) is 30.0 Å². The number of sulfonamides is 1. The molecule has 2 rings (SSSR count). The average molecular weight is 419 g/mol. The Labute approximate surface area is 173 Å². The largest absolute Gasteiger partial charge is 0.494 e. The van der Waals surface area contributed by atoms with Crippen molar-refractivity contribution in [1.29, 1.82) is 0 Å². The summed E-state index contributed by atoms with van der Waals surface area (Å²) in [5.41, 5.74) is 3.45. The zero-order valence-electron chi connectivity index (χ0n) is 17.6. The average Bonchev–Trinajstić information content (AvgIpc) is 2.66. The van der Waals surface area contributed by atoms with Crippen LogP contribution in [0.15, 0.2) is 42.5 Å². The maximum absolute atomic E-state index is 12.4. The molecule has 1 amide bonds. The minimum atomic E-state index is -3.58. The molecule has 158 valence electrons. The fourth-order valence-electron chi connectivity index (χ4n) is 3.09. The topological polar surface area (TPSA) is 75.7 Å². The first kappa shape index (κ1) is 22.7. The van der Waals surface area contributed by atoms with Crippen LogP contribution in [0.3, 0.4) is 0 Å². The maximum atomic E-state index is 12.4. The summed E-state index contributed by atoms with van der Waals surface area (Å²) < 4.78 is 31.3. The van der Waals surface area contributed by atoms with E-state index in [4.69, 9.17) is 4.74 Å². The van der Waals surface area contributed by atoms with Crippen molar-refractivity contribution in [3.8, 4) is 5.75 Å². The molecule has 2 aromatic carbocycles. The third kappa shape index (κ3) is 6.49. The fraction of sp³-hybridized carbons (Fsp3) is 0.409. The second-order valence-corrected chi connectivity index (χ2v) is 8.89. The van der Waals surface area contributed by atoms with Gasteiger partial charge in [0.2, 0.25) is 15.9 Å². The molecule has 2 aromatic rings. The Morgan fingerprint density at radius 1 is 1.10 bits per heavy atom. The molecule has 0 aliphatic rings. The summed E-state index contributed by atoms with van der Waals surface area (Å²) in [6.45, 7) is 6.55. The van der Waals surface area contributed by atoms with Crippen LogP contribution >= 0.6 is 0 Å². The summed E-state index contributed by atoms with van der Waals surface area (Å²) in [7, 11) is -3.58. The molecule has 0 unspecified atom stereocenters. The molecule has 0 aliphatic heterocycles. The summed E-state index contributed by atoms with van der Waals surface area (Å²) in [5, 5.41) is 2.82. The van der Waals surface area contributed by atoms with Crippen LogP contribution in [0.4, 0.5) is 5.69 Å². The van der Waals surface area contributed by atoms with Crippen LogP contribution < -0.4 is 14.4 Å². The summed E-state index contributed by atoms with van der Waals surface area (Å²) >= 11 is 0. The lowest BCUT2D eigenvalue weighted by Crippen LogP contribution is -2.41. The van der Waals surface area contributed by atoms with Crippen LogP contribution in [0.2, 0.25) is 0 Å². The number of hydrogen-bond acceptors (Lipinski definition) is 4. The zero-order valence-corrected chi connectivity index (χ0v) is 18.4. The Bertz CT molecular complexity index is 942. The van der Waals surface area contributed by atoms with Gasteiger partial charge in [0.25, 0.3) is 0 Å². The highest BCUT2D eigenvalue weighted by atomic mass is 32.2. The normalized spacial score (nSPS) is 11.2. The predicted molar refractivity (Wildman–Crippen MR) is 117 cm³/mol. The van der Waals surface area contributed by atoms with E-state index in [1.807, 2.05) is 51.1 Å². The van der Waals surface area contributed by atoms with Crippen molar-refractivity contribution in [1.82, 2.24) is 5.32 Å². The molecule has 6 nitrogen and oxygen atoms in total. The third-order valence-corrected chi connectivity index (χ3v) is 5.88. The Hall–Kier alpha value is -2.54. The molecular formula is C22H30N2O4S. The van der Waals surface area contributed by atoms with Crippen molar-refractivity contribution < 1.29 is 17.9 Å². The Balaban J connectivity index is 1.95. The number of anilines is 1. The number of ether oxygens (including phenoxy) is 1. The van der Waals surface area contributed by atoms with Crippen molar-refractivity contribution in [3.63, 3.8) is 0 Å². The lowest BCUT2D eigenvalue weighted by Gasteiger charge is -2.24. The van der Waals surface area contributed by atoms with E-state index < -0.39 is 10.0 Å². The monoisotopic (exact) mass is 418 g/mol. The smallest absolute Gasteiger partial charge is 0.240 e. The molecule has 0 saturated heterocycles. The van der Waals surface area contributed by atoms with E-state index >= 15 is 0 Å². The minimum Gasteiger partial charge on any atom is -0.494 e. The summed E-state index contributed by atoms with van der Waals surface area (Å²) in [5.74, 6) is 0.536. The second kappa shape index (κ2) is 10.3. The van der Waals surface area contributed by atoms with Crippen molar-refractivity contribution >= 4 is 21.6 Å². The van der Waals surface area contributed by atoms with Gasteiger partial charge in [-0.1, -0.05) is 30.3 Å². The van der Waals surface area contributed by atoms with Crippen LogP contribution in [0.5, 0.6) is 5.75 Å². The van der Waals surface area contributed by atoms with E-state index in [0.717, 1.165) is 45.8 Å². The SMILES string of the molecule is CCOc1ccccc1CCCNC(=O)CN(c1cccc(C)c1C)S(C)(=O)=O. The van der Waals surface area contributed by atoms with Gasteiger partial charge in [0.05, 0.1) is 18.6 Å². The number of para-hydroxylation sites is 1. The lowest BCUT2D eigenvalue weighted by molar-refractivity contribution is -0.119. The predicted octanol–water partition coefficient (Wildman–Crippen LogP) is 3.22. The van der Waals surface area contributed by atoms with E-state index in [0.29, 0.717) is 18.8 Å². The number of carbonyl (C=O) groups is 1. The first-order valence-electron chi connectivity index (χ1n) is 9.75. The van der Waals surface area contributed by atoms with E-state index in [-0.39, 0.29) is 12.5 Å². The van der Waals surface area contributed by atoms with Crippen molar-refractivity contribution in [2.45, 2.75) is 33.6 Å². The molecule has 0 radical (unpaired) electrons. The Morgan fingerprint density at radius 2 is 1.83 bits per heavy atom. The number of aryl methyl sites for hydroxylation is 2. The summed E-state index contributed by atoms with van der Waals surface area (Å²) in [6, 6.07) is 13.3. The molecule has 1 N–H and O–H groups in total. The van der Waals surface area contributed by atoms with Crippen LogP contribution in [0, 0.1) is 13.8 Å². The molecular weight excluding hydrogens is 388 g/mol. The van der Waals surface area contributed by atoms with Gasteiger partial charge in [-0.15, -0.1) is 0 Å². The van der Waals surface area contributed by atoms with Crippen LogP contribution in [-0.2, 0) is 21.2 Å². The molecule has 29 heavy (non-hydrogen) atoms. The standard InChI is InChI=1S/C22H30N2O4S/c1-5-28-21-14-7-6-11-19(21)12-9-15-23-22(25)16-24(29(4,26)27)20-13-8-10-17(2)18(20)3/h6-8,10-11,13-14H,5,9,12,15-16H2,1-4H3,(H,23,25). The fourth-order valence-corrected chi connectivity index (χ4v) is 3.99. The number of rotatable bonds is 10. The van der Waals surface area contributed by atoms with Crippen molar-refractivity contribution in [2.24, 2.45) is 0 Å². The van der Waals surface area contributed by atoms with E-state index in [1.165, 1.54) is 0 Å². The van der Waals surface area contributed by atoms with Gasteiger partial charge in [0.15, 0.2) is 0 Å². The van der Waals surface area contributed by atoms with Gasteiger partial charge in [-0.3, -0.25) is 9.10 Å². The van der Waals surface area contributed by atoms with Gasteiger partial charge in [0, 0.05) is 6.54 Å². The van der Waals surface area contributed by atoms with E-state index in [2.05, 4.69) is 5.32 Å². The van der Waals surface area contributed by atoms with Gasteiger partial charge in [-0.05, 0) is 62.4 Å². The molecule has 0 heterocycles. The zero-order chi connectivity index (χ0) is 21.4. The molecule has 0 atom stereocenters. The lowest BCUT2D eigenvalue weighted by atomic mass is 10.1. The molecule has 7 heteroatoms. The molecule has 0 bridgehead atoms. The third-order valence-electron chi connectivity index (χ3n) is 4.75. The molecule has 0 spiro atoms. The molecule has 0 fully saturated rings. The maximum Gasteiger partial charge on any atom is 0.240 e. The van der Waals surface area contributed by atoms with Gasteiger partial charge in [-0.2, -0.15) is 0 Å². The highest BCUT2D eigenvalue weighted by molar-refractivity contribution is 7.92. The van der Waals surface area contributed by atoms with Crippen molar-refractivity contribution in [3.05, 3.63) is 59.2 Å². The summed E-state index contributed by atoms with van der Waals surface area (Å²) in [6.07, 6.45) is 2.62. The Kier molecular flexibility index (Phi) is 8.08. The van der Waals surface area contributed by atoms with E-state index in [9.17, 15) is 13.2 Å². The van der Waals surface area contributed by atoms with Crippen LogP contribution in [-0.4, -0.2) is 40.3 Å². The quantitative estimate of drug-likeness (QED) is 0.601. The van der Waals surface area contributed by atoms with Gasteiger partial charge in [-0.25, -0.2) is 8.42 Å². The van der Waals surface area contributed by atoms with Crippen molar-refractivity contribution in [2.75, 3.05) is 30.3 Å². The first-order chi connectivity index (χ1) is 13.7. The number of benzene rings is 2. The molecule has 0 aromatic heterocycles. The minimum absolute atomic E-state index is 0.237. The number of nitrogens with zero attached hydrogens (tertiary/aromatic N) is 1. The molecule has 0 saturated carbocycles. The van der Waals surface area contributed by atoms with Gasteiger partial charge < -0.3 is 10.1 Å². The Morgan fingerprint density at radius 3 is 2.52 bits per heavy atom. The van der Waals surface area contributed by atoms with Crippen LogP contribution in [0.25, 0.3) is 0 Å². The summed E-state index contributed by atoms with van der Waals surface area (Å²) in [4.78, 5) is 12.4. The first-order valence-corrected chi connectivity index (χ1v) is 11.6. The number of nitrogens with one attached hydrogen (secondary N) is 1. The van der Waals surface area contributed by atoms with E-state index in [1.54, 1.807) is 12.1 Å². The molecule has 0 aliphatic carbocycles. The highest BCUT2D eigenvalue weighted by Gasteiger charge is 2.22. The highest BCUT2D eigenvalue weighted by Crippen LogP contribution is 2.24. The van der Waals surface area contributed by atoms with Gasteiger partial charge >= 0.3 is 0 Å². The second-order valence-electron chi connectivity index (χ2n) is 6.98. The number of carbonyl (C=O) groups excluding carboxylic acids is 1. The number of amides is 1. The number of hydrogen-bond donors (Lipinski definition) is 1. The van der Waals surface area contributed by atoms with Gasteiger partial charge in [0.1, 0.15) is 12.3 Å².